The SMILES string of the molecule is COc1cc(C(=O)OCC(=O)Nc2ccc3c(c2)OCO3)ccc1C. The molecule has 1 heterocycles. The fraction of sp³-hybridized carbons (Fsp3) is 0.222. The molecular formula is C18H17NO6. The van der Waals surface area contributed by atoms with Gasteiger partial charge >= 0.3 is 5.97 Å². The smallest absolute Gasteiger partial charge is 0.338 e. The Morgan fingerprint density at radius 1 is 1.12 bits per heavy atom. The number of esters is 1. The molecule has 7 nitrogen and oxygen atoms in total. The number of methoxy groups -OCH3 is 1. The van der Waals surface area contributed by atoms with Crippen LogP contribution in [0.5, 0.6) is 17.2 Å². The summed E-state index contributed by atoms with van der Waals surface area (Å²) in [6.45, 7) is 1.63. The number of anilines is 1. The molecule has 1 amide bonds. The van der Waals surface area contributed by atoms with Crippen LogP contribution in [-0.2, 0) is 9.53 Å². The third-order valence-corrected chi connectivity index (χ3v) is 3.63. The first-order valence-corrected chi connectivity index (χ1v) is 7.58. The van der Waals surface area contributed by atoms with Gasteiger partial charge in [-0.3, -0.25) is 4.79 Å². The summed E-state index contributed by atoms with van der Waals surface area (Å²) in [6.07, 6.45) is 0. The van der Waals surface area contributed by atoms with Crippen molar-refractivity contribution in [3.63, 3.8) is 0 Å². The third-order valence-electron chi connectivity index (χ3n) is 3.63. The van der Waals surface area contributed by atoms with E-state index in [1.54, 1.807) is 36.4 Å². The maximum absolute atomic E-state index is 12.0. The van der Waals surface area contributed by atoms with E-state index in [0.29, 0.717) is 28.5 Å². The van der Waals surface area contributed by atoms with Gasteiger partial charge in [-0.2, -0.15) is 0 Å². The van der Waals surface area contributed by atoms with E-state index in [1.165, 1.54) is 7.11 Å². The molecule has 0 aliphatic carbocycles. The van der Waals surface area contributed by atoms with E-state index in [0.717, 1.165) is 5.56 Å². The molecule has 0 radical (unpaired) electrons. The van der Waals surface area contributed by atoms with Gasteiger partial charge in [0, 0.05) is 11.8 Å². The maximum atomic E-state index is 12.0. The molecule has 0 spiro atoms. The van der Waals surface area contributed by atoms with E-state index in [9.17, 15) is 9.59 Å². The summed E-state index contributed by atoms with van der Waals surface area (Å²) in [5, 5.41) is 2.63. The summed E-state index contributed by atoms with van der Waals surface area (Å²) < 4.78 is 20.6. The number of amides is 1. The molecule has 3 rings (SSSR count). The number of nitrogens with one attached hydrogen (secondary N) is 1. The molecule has 0 atom stereocenters. The zero-order valence-electron chi connectivity index (χ0n) is 13.8. The third kappa shape index (κ3) is 3.82. The van der Waals surface area contributed by atoms with Gasteiger partial charge in [-0.05, 0) is 36.8 Å². The summed E-state index contributed by atoms with van der Waals surface area (Å²) in [4.78, 5) is 24.0. The standard InChI is InChI=1S/C18H17NO6/c1-11-3-4-12(7-15(11)22-2)18(21)23-9-17(20)19-13-5-6-14-16(8-13)25-10-24-14/h3-8H,9-10H2,1-2H3,(H,19,20). The first-order valence-electron chi connectivity index (χ1n) is 7.58. The lowest BCUT2D eigenvalue weighted by Gasteiger charge is -2.09. The van der Waals surface area contributed by atoms with Crippen LogP contribution in [0.25, 0.3) is 0 Å². The van der Waals surface area contributed by atoms with Crippen LogP contribution in [0.4, 0.5) is 5.69 Å². The van der Waals surface area contributed by atoms with Gasteiger partial charge < -0.3 is 24.3 Å². The zero-order chi connectivity index (χ0) is 17.8. The first-order chi connectivity index (χ1) is 12.1. The highest BCUT2D eigenvalue weighted by Crippen LogP contribution is 2.34. The Balaban J connectivity index is 1.56. The quantitative estimate of drug-likeness (QED) is 0.840. The highest BCUT2D eigenvalue weighted by Gasteiger charge is 2.15. The molecule has 0 bridgehead atoms. The van der Waals surface area contributed by atoms with E-state index >= 15 is 0 Å². The Kier molecular flexibility index (Phi) is 4.74. The van der Waals surface area contributed by atoms with Gasteiger partial charge in [-0.1, -0.05) is 6.07 Å². The van der Waals surface area contributed by atoms with Crippen LogP contribution in [0, 0.1) is 6.92 Å². The molecule has 1 N–H and O–H groups in total. The Hall–Kier alpha value is -3.22. The summed E-state index contributed by atoms with van der Waals surface area (Å²) in [6, 6.07) is 9.97. The van der Waals surface area contributed by atoms with Gasteiger partial charge in [0.25, 0.3) is 5.91 Å². The van der Waals surface area contributed by atoms with Crippen molar-refractivity contribution in [2.24, 2.45) is 0 Å². The Labute approximate surface area is 144 Å². The van der Waals surface area contributed by atoms with E-state index in [1.807, 2.05) is 6.92 Å². The minimum atomic E-state index is -0.598. The molecule has 2 aromatic carbocycles. The number of rotatable bonds is 5. The Morgan fingerprint density at radius 3 is 2.72 bits per heavy atom. The fourth-order valence-corrected chi connectivity index (χ4v) is 2.33. The monoisotopic (exact) mass is 343 g/mol. The van der Waals surface area contributed by atoms with Gasteiger partial charge in [0.1, 0.15) is 5.75 Å². The second-order valence-electron chi connectivity index (χ2n) is 5.38. The van der Waals surface area contributed by atoms with Crippen molar-refractivity contribution < 1.29 is 28.5 Å². The number of carbonyl (C=O) groups is 2. The lowest BCUT2D eigenvalue weighted by atomic mass is 10.1. The first kappa shape index (κ1) is 16.6. The van der Waals surface area contributed by atoms with Crippen LogP contribution in [0.1, 0.15) is 15.9 Å². The normalized spacial score (nSPS) is 11.8. The highest BCUT2D eigenvalue weighted by molar-refractivity contribution is 5.95. The van der Waals surface area contributed by atoms with Crippen LogP contribution < -0.4 is 19.5 Å². The van der Waals surface area contributed by atoms with Crippen LogP contribution in [0.3, 0.4) is 0 Å². The topological polar surface area (TPSA) is 83.1 Å². The Bertz CT molecular complexity index is 817. The second-order valence-corrected chi connectivity index (χ2v) is 5.38. The number of carbonyl (C=O) groups excluding carboxylic acids is 2. The average molecular weight is 343 g/mol. The fourth-order valence-electron chi connectivity index (χ4n) is 2.33. The lowest BCUT2D eigenvalue weighted by Crippen LogP contribution is -2.21. The summed E-state index contributed by atoms with van der Waals surface area (Å²) in [5.74, 6) is 0.712. The molecule has 7 heteroatoms. The average Bonchev–Trinajstić information content (AvgIpc) is 3.08. The van der Waals surface area contributed by atoms with Crippen molar-refractivity contribution in [3.05, 3.63) is 47.5 Å². The molecule has 2 aromatic rings. The molecule has 25 heavy (non-hydrogen) atoms. The van der Waals surface area contributed by atoms with Gasteiger partial charge in [0.15, 0.2) is 18.1 Å². The molecule has 0 unspecified atom stereocenters. The number of benzene rings is 2. The van der Waals surface area contributed by atoms with Crippen molar-refractivity contribution in [2.45, 2.75) is 6.92 Å². The van der Waals surface area contributed by atoms with Gasteiger partial charge in [0.2, 0.25) is 6.79 Å². The van der Waals surface area contributed by atoms with E-state index in [-0.39, 0.29) is 6.79 Å². The molecule has 0 fully saturated rings. The van der Waals surface area contributed by atoms with Crippen LogP contribution in [-0.4, -0.2) is 32.4 Å². The highest BCUT2D eigenvalue weighted by atomic mass is 16.7. The largest absolute Gasteiger partial charge is 0.496 e. The van der Waals surface area contributed by atoms with Gasteiger partial charge in [-0.25, -0.2) is 4.79 Å². The number of fused-ring (bicyclic) bond motifs is 1. The minimum Gasteiger partial charge on any atom is -0.496 e. The Morgan fingerprint density at radius 2 is 1.92 bits per heavy atom. The van der Waals surface area contributed by atoms with Crippen LogP contribution in [0.2, 0.25) is 0 Å². The van der Waals surface area contributed by atoms with E-state index in [4.69, 9.17) is 18.9 Å². The van der Waals surface area contributed by atoms with E-state index < -0.39 is 18.5 Å². The van der Waals surface area contributed by atoms with Crippen LogP contribution >= 0.6 is 0 Å². The van der Waals surface area contributed by atoms with Gasteiger partial charge in [-0.15, -0.1) is 0 Å². The second kappa shape index (κ2) is 7.12. The van der Waals surface area contributed by atoms with Gasteiger partial charge in [0.05, 0.1) is 12.7 Å². The molecule has 130 valence electrons. The van der Waals surface area contributed by atoms with Crippen molar-refractivity contribution in [2.75, 3.05) is 25.8 Å². The van der Waals surface area contributed by atoms with Crippen molar-refractivity contribution >= 4 is 17.6 Å². The predicted molar refractivity (Wildman–Crippen MR) is 89.2 cm³/mol. The van der Waals surface area contributed by atoms with Crippen molar-refractivity contribution in [1.82, 2.24) is 0 Å². The number of hydrogen-bond acceptors (Lipinski definition) is 6. The predicted octanol–water partition coefficient (Wildman–Crippen LogP) is 2.53. The zero-order valence-corrected chi connectivity index (χ0v) is 13.8. The summed E-state index contributed by atoms with van der Waals surface area (Å²) in [5.41, 5.74) is 1.75. The van der Waals surface area contributed by atoms with Crippen LogP contribution in [0.15, 0.2) is 36.4 Å². The number of aryl methyl sites for hydroxylation is 1. The summed E-state index contributed by atoms with van der Waals surface area (Å²) >= 11 is 0. The molecular weight excluding hydrogens is 326 g/mol. The molecule has 0 aromatic heterocycles. The number of ether oxygens (including phenoxy) is 4. The minimum absolute atomic E-state index is 0.157. The number of hydrogen-bond donors (Lipinski definition) is 1. The van der Waals surface area contributed by atoms with E-state index in [2.05, 4.69) is 5.32 Å². The molecule has 1 aliphatic rings. The maximum Gasteiger partial charge on any atom is 0.338 e. The summed E-state index contributed by atoms with van der Waals surface area (Å²) in [7, 11) is 1.52. The lowest BCUT2D eigenvalue weighted by molar-refractivity contribution is -0.119. The molecule has 1 aliphatic heterocycles. The van der Waals surface area contributed by atoms with Crippen molar-refractivity contribution in [1.29, 1.82) is 0 Å². The molecule has 0 saturated heterocycles. The van der Waals surface area contributed by atoms with Crippen molar-refractivity contribution in [3.8, 4) is 17.2 Å². The molecule has 0 saturated carbocycles.